The van der Waals surface area contributed by atoms with Crippen molar-refractivity contribution < 1.29 is 19.4 Å². The number of aliphatic hydroxyl groups is 1. The normalized spacial score (nSPS) is 17.3. The Morgan fingerprint density at radius 1 is 1.33 bits per heavy atom. The Morgan fingerprint density at radius 2 is 2.05 bits per heavy atom. The summed E-state index contributed by atoms with van der Waals surface area (Å²) in [6.07, 6.45) is 5.60. The van der Waals surface area contributed by atoms with E-state index in [1.807, 2.05) is 0 Å². The molecule has 0 radical (unpaired) electrons. The minimum Gasteiger partial charge on any atom is -0.492 e. The summed E-state index contributed by atoms with van der Waals surface area (Å²) in [7, 11) is 1.35. The highest BCUT2D eigenvalue weighted by Gasteiger charge is 2.18. The molecular formula is C17H24O4. The molecule has 1 N–H and O–H groups in total. The molecule has 0 aliphatic heterocycles. The second-order valence-corrected chi connectivity index (χ2v) is 5.74. The molecule has 2 rings (SSSR count). The highest BCUT2D eigenvalue weighted by Crippen LogP contribution is 2.28. The molecule has 4 nitrogen and oxygen atoms in total. The van der Waals surface area contributed by atoms with Crippen molar-refractivity contribution in [2.45, 2.75) is 45.1 Å². The van der Waals surface area contributed by atoms with Gasteiger partial charge in [-0.3, -0.25) is 0 Å². The number of carbonyl (C=O) groups is 1. The lowest BCUT2D eigenvalue weighted by molar-refractivity contribution is 0.0594. The Balaban J connectivity index is 2.11. The van der Waals surface area contributed by atoms with Gasteiger partial charge in [0.2, 0.25) is 0 Å². The number of esters is 1. The van der Waals surface area contributed by atoms with Crippen molar-refractivity contribution in [2.24, 2.45) is 5.92 Å². The molecule has 1 atom stereocenters. The first-order valence-corrected chi connectivity index (χ1v) is 7.65. The van der Waals surface area contributed by atoms with Gasteiger partial charge in [0, 0.05) is 0 Å². The molecule has 0 spiro atoms. The predicted molar refractivity (Wildman–Crippen MR) is 80.5 cm³/mol. The molecule has 1 aromatic rings. The van der Waals surface area contributed by atoms with E-state index in [-0.39, 0.29) is 0 Å². The highest BCUT2D eigenvalue weighted by molar-refractivity contribution is 5.92. The molecular weight excluding hydrogens is 268 g/mol. The van der Waals surface area contributed by atoms with Gasteiger partial charge >= 0.3 is 5.97 Å². The lowest BCUT2D eigenvalue weighted by atomic mass is 9.90. The largest absolute Gasteiger partial charge is 0.492 e. The topological polar surface area (TPSA) is 55.8 Å². The van der Waals surface area contributed by atoms with Crippen LogP contribution in [0.3, 0.4) is 0 Å². The van der Waals surface area contributed by atoms with Crippen LogP contribution >= 0.6 is 0 Å². The van der Waals surface area contributed by atoms with Gasteiger partial charge in [-0.05, 0) is 43.4 Å². The summed E-state index contributed by atoms with van der Waals surface area (Å²) in [5, 5.41) is 9.63. The first kappa shape index (κ1) is 15.8. The van der Waals surface area contributed by atoms with E-state index in [1.54, 1.807) is 25.1 Å². The Labute approximate surface area is 126 Å². The van der Waals surface area contributed by atoms with E-state index >= 15 is 0 Å². The molecule has 1 saturated carbocycles. The van der Waals surface area contributed by atoms with Crippen molar-refractivity contribution in [1.82, 2.24) is 0 Å². The first-order valence-electron chi connectivity index (χ1n) is 7.65. The van der Waals surface area contributed by atoms with Crippen molar-refractivity contribution in [2.75, 3.05) is 13.7 Å². The van der Waals surface area contributed by atoms with Crippen LogP contribution in [0.2, 0.25) is 0 Å². The van der Waals surface area contributed by atoms with Crippen molar-refractivity contribution in [3.8, 4) is 5.75 Å². The minimum atomic E-state index is -0.624. The van der Waals surface area contributed by atoms with Gasteiger partial charge in [0.1, 0.15) is 11.3 Å². The number of rotatable bonds is 5. The maximum atomic E-state index is 11.9. The van der Waals surface area contributed by atoms with Crippen LogP contribution in [0.4, 0.5) is 0 Å². The average Bonchev–Trinajstić information content (AvgIpc) is 2.52. The fourth-order valence-corrected chi connectivity index (χ4v) is 2.76. The fourth-order valence-electron chi connectivity index (χ4n) is 2.76. The van der Waals surface area contributed by atoms with Gasteiger partial charge in [-0.25, -0.2) is 4.79 Å². The molecule has 0 bridgehead atoms. The number of aliphatic hydroxyl groups excluding tert-OH is 1. The summed E-state index contributed by atoms with van der Waals surface area (Å²) < 4.78 is 10.7. The molecule has 116 valence electrons. The molecule has 21 heavy (non-hydrogen) atoms. The lowest BCUT2D eigenvalue weighted by Gasteiger charge is -2.22. The van der Waals surface area contributed by atoms with Crippen LogP contribution in [0.15, 0.2) is 18.2 Å². The van der Waals surface area contributed by atoms with Gasteiger partial charge in [-0.2, -0.15) is 0 Å². The zero-order valence-electron chi connectivity index (χ0n) is 12.8. The van der Waals surface area contributed by atoms with E-state index in [0.717, 1.165) is 0 Å². The molecule has 0 saturated heterocycles. The molecule has 1 aliphatic rings. The van der Waals surface area contributed by atoms with Gasteiger partial charge in [0.05, 0.1) is 19.8 Å². The smallest absolute Gasteiger partial charge is 0.341 e. The van der Waals surface area contributed by atoms with Gasteiger partial charge < -0.3 is 14.6 Å². The van der Waals surface area contributed by atoms with Crippen molar-refractivity contribution in [3.63, 3.8) is 0 Å². The predicted octanol–water partition coefficient (Wildman–Crippen LogP) is 3.49. The van der Waals surface area contributed by atoms with Crippen molar-refractivity contribution in [1.29, 1.82) is 0 Å². The summed E-state index contributed by atoms with van der Waals surface area (Å²) in [4.78, 5) is 11.9. The minimum absolute atomic E-state index is 0.381. The van der Waals surface area contributed by atoms with E-state index < -0.39 is 12.1 Å². The standard InChI is InChI=1S/C17H24O4/c1-12(18)14-8-9-16(15(10-14)17(19)20-2)21-11-13-6-4-3-5-7-13/h8-10,12-13,18H,3-7,11H2,1-2H3/t12-/m1/s1. The number of hydrogen-bond donors (Lipinski definition) is 1. The zero-order valence-corrected chi connectivity index (χ0v) is 12.8. The Morgan fingerprint density at radius 3 is 2.67 bits per heavy atom. The Kier molecular flexibility index (Phi) is 5.62. The van der Waals surface area contributed by atoms with E-state index in [9.17, 15) is 9.90 Å². The van der Waals surface area contributed by atoms with Gasteiger partial charge in [0.15, 0.2) is 0 Å². The third kappa shape index (κ3) is 4.21. The SMILES string of the molecule is COC(=O)c1cc([C@@H](C)O)ccc1OCC1CCCCC1. The summed E-state index contributed by atoms with van der Waals surface area (Å²) in [5.41, 5.74) is 1.06. The quantitative estimate of drug-likeness (QED) is 0.844. The monoisotopic (exact) mass is 292 g/mol. The Bertz CT molecular complexity index is 476. The van der Waals surface area contributed by atoms with E-state index in [0.29, 0.717) is 29.4 Å². The number of ether oxygens (including phenoxy) is 2. The maximum Gasteiger partial charge on any atom is 0.341 e. The van der Waals surface area contributed by atoms with Crippen LogP contribution in [0.5, 0.6) is 5.75 Å². The van der Waals surface area contributed by atoms with Gasteiger partial charge in [-0.1, -0.05) is 25.3 Å². The van der Waals surface area contributed by atoms with Crippen LogP contribution in [0.25, 0.3) is 0 Å². The number of carbonyl (C=O) groups excluding carboxylic acids is 1. The zero-order chi connectivity index (χ0) is 15.2. The molecule has 0 heterocycles. The molecule has 0 aromatic heterocycles. The van der Waals surface area contributed by atoms with Crippen LogP contribution in [-0.4, -0.2) is 24.8 Å². The molecule has 0 unspecified atom stereocenters. The van der Waals surface area contributed by atoms with Crippen molar-refractivity contribution in [3.05, 3.63) is 29.3 Å². The maximum absolute atomic E-state index is 11.9. The second-order valence-electron chi connectivity index (χ2n) is 5.74. The van der Waals surface area contributed by atoms with Crippen LogP contribution in [0.1, 0.15) is 61.1 Å². The molecule has 0 amide bonds. The number of methoxy groups -OCH3 is 1. The summed E-state index contributed by atoms with van der Waals surface area (Å²) >= 11 is 0. The van der Waals surface area contributed by atoms with Gasteiger partial charge in [0.25, 0.3) is 0 Å². The molecule has 1 aliphatic carbocycles. The molecule has 1 fully saturated rings. The van der Waals surface area contributed by atoms with Crippen LogP contribution < -0.4 is 4.74 Å². The fraction of sp³-hybridized carbons (Fsp3) is 0.588. The van der Waals surface area contributed by atoms with Gasteiger partial charge in [-0.15, -0.1) is 0 Å². The van der Waals surface area contributed by atoms with E-state index in [1.165, 1.54) is 39.2 Å². The number of hydrogen-bond acceptors (Lipinski definition) is 4. The number of benzene rings is 1. The van der Waals surface area contributed by atoms with E-state index in [4.69, 9.17) is 9.47 Å². The summed E-state index contributed by atoms with van der Waals surface area (Å²) in [5.74, 6) is 0.675. The lowest BCUT2D eigenvalue weighted by Crippen LogP contribution is -2.16. The average molecular weight is 292 g/mol. The summed E-state index contributed by atoms with van der Waals surface area (Å²) in [6, 6.07) is 5.18. The first-order chi connectivity index (χ1) is 10.1. The second kappa shape index (κ2) is 7.46. The highest BCUT2D eigenvalue weighted by atomic mass is 16.5. The third-order valence-corrected chi connectivity index (χ3v) is 4.09. The Hall–Kier alpha value is -1.55. The molecule has 1 aromatic carbocycles. The molecule has 4 heteroatoms. The van der Waals surface area contributed by atoms with E-state index in [2.05, 4.69) is 0 Å². The van der Waals surface area contributed by atoms with Crippen LogP contribution in [0, 0.1) is 5.92 Å². The van der Waals surface area contributed by atoms with Crippen LogP contribution in [-0.2, 0) is 4.74 Å². The third-order valence-electron chi connectivity index (χ3n) is 4.09. The van der Waals surface area contributed by atoms with Crippen molar-refractivity contribution >= 4 is 5.97 Å². The summed E-state index contributed by atoms with van der Waals surface area (Å²) in [6.45, 7) is 2.30.